The highest BCUT2D eigenvalue weighted by Crippen LogP contribution is 2.33. The van der Waals surface area contributed by atoms with Gasteiger partial charge in [-0.1, -0.05) is 79.8 Å². The Morgan fingerprint density at radius 1 is 0.917 bits per heavy atom. The van der Waals surface area contributed by atoms with Crippen LogP contribution in [0.15, 0.2) is 95.0 Å². The van der Waals surface area contributed by atoms with Crippen molar-refractivity contribution in [3.63, 3.8) is 0 Å². The summed E-state index contributed by atoms with van der Waals surface area (Å²) in [6.07, 6.45) is 6.94. The van der Waals surface area contributed by atoms with Gasteiger partial charge in [0.2, 0.25) is 0 Å². The zero-order valence-corrected chi connectivity index (χ0v) is 22.3. The van der Waals surface area contributed by atoms with E-state index >= 15 is 0 Å². The maximum Gasteiger partial charge on any atom is 0.329 e. The standard InChI is InChI=1S/C30H29NO3S2/c1-4-5-7-22-10-12-23(13-11-22)28-19-31(34-21(2)32)20-29(30(28)35)24-14-16-26(17-15-24)36-27-9-6-8-25(18-27)33-3/h6,8-20H,4-5,7H2,1-3H3. The molecule has 0 saturated heterocycles. The maximum atomic E-state index is 11.7. The number of hydrogen-bond acceptors (Lipinski definition) is 5. The number of pyridine rings is 1. The number of benzene rings is 3. The van der Waals surface area contributed by atoms with Crippen LogP contribution in [-0.2, 0) is 11.2 Å². The Morgan fingerprint density at radius 3 is 2.14 bits per heavy atom. The molecule has 0 fully saturated rings. The third kappa shape index (κ3) is 6.45. The number of nitrogens with zero attached hydrogens (tertiary/aromatic N) is 1. The summed E-state index contributed by atoms with van der Waals surface area (Å²) in [4.78, 5) is 19.3. The maximum absolute atomic E-state index is 11.7. The van der Waals surface area contributed by atoms with Gasteiger partial charge in [0.15, 0.2) is 0 Å². The molecule has 0 amide bonds. The van der Waals surface area contributed by atoms with Gasteiger partial charge in [-0.25, -0.2) is 4.79 Å². The second kappa shape index (κ2) is 12.1. The molecule has 184 valence electrons. The van der Waals surface area contributed by atoms with E-state index in [4.69, 9.17) is 21.8 Å². The van der Waals surface area contributed by atoms with Crippen molar-refractivity contribution in [2.45, 2.75) is 42.9 Å². The van der Waals surface area contributed by atoms with Crippen molar-refractivity contribution in [3.8, 4) is 28.0 Å². The lowest BCUT2D eigenvalue weighted by molar-refractivity contribution is -0.141. The number of aryl methyl sites for hydroxylation is 1. The van der Waals surface area contributed by atoms with Crippen molar-refractivity contribution in [3.05, 3.63) is 95.3 Å². The number of ether oxygens (including phenoxy) is 1. The molecule has 3 aromatic carbocycles. The van der Waals surface area contributed by atoms with E-state index in [9.17, 15) is 4.79 Å². The summed E-state index contributed by atoms with van der Waals surface area (Å²) < 4.78 is 7.50. The smallest absolute Gasteiger partial charge is 0.329 e. The number of methoxy groups -OCH3 is 1. The summed E-state index contributed by atoms with van der Waals surface area (Å²) >= 11 is 7.59. The highest BCUT2D eigenvalue weighted by atomic mass is 32.2. The summed E-state index contributed by atoms with van der Waals surface area (Å²) in [5.41, 5.74) is 4.93. The predicted molar refractivity (Wildman–Crippen MR) is 149 cm³/mol. The second-order valence-corrected chi connectivity index (χ2v) is 10.0. The average molecular weight is 516 g/mol. The minimum Gasteiger partial charge on any atom is -0.497 e. The van der Waals surface area contributed by atoms with Gasteiger partial charge in [0, 0.05) is 27.8 Å². The molecule has 0 N–H and O–H groups in total. The fourth-order valence-electron chi connectivity index (χ4n) is 3.90. The van der Waals surface area contributed by atoms with Crippen LogP contribution in [0.3, 0.4) is 0 Å². The van der Waals surface area contributed by atoms with Gasteiger partial charge in [-0.05, 0) is 59.9 Å². The van der Waals surface area contributed by atoms with E-state index in [2.05, 4.69) is 49.4 Å². The van der Waals surface area contributed by atoms with E-state index in [0.717, 1.165) is 44.2 Å². The van der Waals surface area contributed by atoms with Gasteiger partial charge in [-0.3, -0.25) is 0 Å². The molecule has 0 saturated carbocycles. The van der Waals surface area contributed by atoms with Gasteiger partial charge in [0.05, 0.1) is 24.0 Å². The van der Waals surface area contributed by atoms with E-state index < -0.39 is 5.97 Å². The van der Waals surface area contributed by atoms with Gasteiger partial charge >= 0.3 is 5.97 Å². The Bertz CT molecular complexity index is 1390. The predicted octanol–water partition coefficient (Wildman–Crippen LogP) is 8.03. The molecule has 0 radical (unpaired) electrons. The van der Waals surface area contributed by atoms with Crippen LogP contribution in [0.4, 0.5) is 0 Å². The van der Waals surface area contributed by atoms with Crippen molar-refractivity contribution in [2.75, 3.05) is 7.11 Å². The number of carbonyl (C=O) groups excluding carboxylic acids is 1. The molecule has 36 heavy (non-hydrogen) atoms. The third-order valence-electron chi connectivity index (χ3n) is 5.76. The van der Waals surface area contributed by atoms with Crippen molar-refractivity contribution < 1.29 is 14.4 Å². The fourth-order valence-corrected chi connectivity index (χ4v) is 5.11. The fraction of sp³-hybridized carbons (Fsp3) is 0.200. The first-order valence-electron chi connectivity index (χ1n) is 11.9. The van der Waals surface area contributed by atoms with E-state index in [1.165, 1.54) is 30.1 Å². The first-order valence-corrected chi connectivity index (χ1v) is 13.2. The highest BCUT2D eigenvalue weighted by Gasteiger charge is 2.11. The molecule has 0 bridgehead atoms. The molecule has 0 aliphatic rings. The Balaban J connectivity index is 1.67. The van der Waals surface area contributed by atoms with Gasteiger partial charge in [0.1, 0.15) is 5.75 Å². The van der Waals surface area contributed by atoms with E-state index in [1.54, 1.807) is 31.3 Å². The quantitative estimate of drug-likeness (QED) is 0.211. The lowest BCUT2D eigenvalue weighted by atomic mass is 10.00. The third-order valence-corrected chi connectivity index (χ3v) is 7.20. The summed E-state index contributed by atoms with van der Waals surface area (Å²) in [6.45, 7) is 3.59. The molecule has 1 aromatic heterocycles. The lowest BCUT2D eigenvalue weighted by Crippen LogP contribution is -2.16. The molecular formula is C30H29NO3S2. The molecule has 4 aromatic rings. The molecule has 4 rings (SSSR count). The first kappa shape index (κ1) is 25.7. The molecule has 0 aliphatic heterocycles. The SMILES string of the molecule is CCCCc1ccc(-c2cn(OC(C)=O)cc(-c3ccc(Sc4cccc(OC)c4)cc3)c2=S)cc1. The summed E-state index contributed by atoms with van der Waals surface area (Å²) in [6, 6.07) is 24.7. The minimum absolute atomic E-state index is 0.394. The van der Waals surface area contributed by atoms with Crippen molar-refractivity contribution >= 4 is 29.9 Å². The van der Waals surface area contributed by atoms with Crippen LogP contribution >= 0.6 is 24.0 Å². The lowest BCUT2D eigenvalue weighted by Gasteiger charge is -2.14. The van der Waals surface area contributed by atoms with Gasteiger partial charge in [0.25, 0.3) is 0 Å². The molecule has 0 atom stereocenters. The van der Waals surface area contributed by atoms with Crippen LogP contribution < -0.4 is 9.57 Å². The van der Waals surface area contributed by atoms with Crippen LogP contribution in [0.5, 0.6) is 5.75 Å². The van der Waals surface area contributed by atoms with E-state index in [-0.39, 0.29) is 0 Å². The largest absolute Gasteiger partial charge is 0.497 e. The number of hydrogen-bond donors (Lipinski definition) is 0. The molecular weight excluding hydrogens is 486 g/mol. The van der Waals surface area contributed by atoms with Crippen molar-refractivity contribution in [1.29, 1.82) is 0 Å². The zero-order chi connectivity index (χ0) is 25.5. The number of carbonyl (C=O) groups is 1. The Kier molecular flexibility index (Phi) is 8.62. The Labute approximate surface area is 221 Å². The summed E-state index contributed by atoms with van der Waals surface area (Å²) in [5.74, 6) is 0.437. The van der Waals surface area contributed by atoms with Crippen LogP contribution in [0, 0.1) is 4.51 Å². The number of unbranched alkanes of at least 4 members (excludes halogenated alkanes) is 1. The van der Waals surface area contributed by atoms with E-state index in [0.29, 0.717) is 4.51 Å². The van der Waals surface area contributed by atoms with Crippen LogP contribution in [-0.4, -0.2) is 17.8 Å². The number of rotatable bonds is 9. The molecule has 0 unspecified atom stereocenters. The van der Waals surface area contributed by atoms with Gasteiger partial charge < -0.3 is 9.57 Å². The molecule has 6 heteroatoms. The highest BCUT2D eigenvalue weighted by molar-refractivity contribution is 7.99. The van der Waals surface area contributed by atoms with Crippen molar-refractivity contribution in [2.24, 2.45) is 0 Å². The monoisotopic (exact) mass is 515 g/mol. The number of aromatic nitrogens is 1. The topological polar surface area (TPSA) is 40.5 Å². The average Bonchev–Trinajstić information content (AvgIpc) is 2.89. The van der Waals surface area contributed by atoms with Crippen molar-refractivity contribution in [1.82, 2.24) is 4.73 Å². The van der Waals surface area contributed by atoms with Crippen LogP contribution in [0.25, 0.3) is 22.3 Å². The minimum atomic E-state index is -0.394. The summed E-state index contributed by atoms with van der Waals surface area (Å²) in [5, 5.41) is 0. The van der Waals surface area contributed by atoms with Crippen LogP contribution in [0.2, 0.25) is 0 Å². The summed E-state index contributed by atoms with van der Waals surface area (Å²) in [7, 11) is 1.67. The second-order valence-electron chi connectivity index (χ2n) is 8.46. The Morgan fingerprint density at radius 2 is 1.56 bits per heavy atom. The molecule has 4 nitrogen and oxygen atoms in total. The van der Waals surface area contributed by atoms with E-state index in [1.807, 2.05) is 30.3 Å². The normalized spacial score (nSPS) is 10.8. The van der Waals surface area contributed by atoms with Crippen LogP contribution in [0.1, 0.15) is 32.3 Å². The molecule has 1 heterocycles. The molecule has 0 spiro atoms. The molecule has 0 aliphatic carbocycles. The zero-order valence-electron chi connectivity index (χ0n) is 20.7. The van der Waals surface area contributed by atoms with Gasteiger partial charge in [-0.15, -0.1) is 0 Å². The van der Waals surface area contributed by atoms with Gasteiger partial charge in [-0.2, -0.15) is 4.73 Å². The first-order chi connectivity index (χ1) is 17.5. The Hall–Kier alpha value is -3.35.